The molecule has 3 heterocycles. The highest BCUT2D eigenvalue weighted by Crippen LogP contribution is 2.27. The third kappa shape index (κ3) is 5.39. The molecule has 4 rings (SSSR count). The molecule has 0 N–H and O–H groups in total. The van der Waals surface area contributed by atoms with Crippen molar-refractivity contribution in [1.29, 1.82) is 0 Å². The quantitative estimate of drug-likeness (QED) is 0.677. The van der Waals surface area contributed by atoms with Crippen molar-refractivity contribution in [2.24, 2.45) is 10.9 Å². The van der Waals surface area contributed by atoms with Gasteiger partial charge in [-0.2, -0.15) is 0 Å². The van der Waals surface area contributed by atoms with E-state index in [1.54, 1.807) is 15.0 Å². The van der Waals surface area contributed by atoms with Gasteiger partial charge in [-0.05, 0) is 68.3 Å². The van der Waals surface area contributed by atoms with Crippen LogP contribution in [-0.4, -0.2) is 65.8 Å². The van der Waals surface area contributed by atoms with E-state index in [2.05, 4.69) is 20.5 Å². The number of carbonyl (C=O) groups is 1. The second kappa shape index (κ2) is 9.19. The summed E-state index contributed by atoms with van der Waals surface area (Å²) in [6.07, 6.45) is 2.64. The predicted octanol–water partition coefficient (Wildman–Crippen LogP) is 2.69. The Morgan fingerprint density at radius 1 is 1.19 bits per heavy atom. The molecule has 2 aliphatic rings. The number of aliphatic imine (C=N–C) groups is 1. The number of amides is 1. The summed E-state index contributed by atoms with van der Waals surface area (Å²) < 4.78 is 25.4. The zero-order valence-corrected chi connectivity index (χ0v) is 19.1. The first-order chi connectivity index (χ1) is 15.3. The minimum atomic E-state index is -1.26. The number of piperidine rings is 1. The first-order valence-corrected chi connectivity index (χ1v) is 11.6. The molecule has 2 aliphatic heterocycles. The molecular weight excluding hydrogens is 432 g/mol. The number of tetrazole rings is 1. The SMILES string of the molecule is CC(C)(C)OC(=O)N1CCC(C2=NC(COc3ccc(-n4cnnn4)cc3)=CS2=O)CC1. The summed E-state index contributed by atoms with van der Waals surface area (Å²) in [4.78, 5) is 18.5. The Bertz CT molecular complexity index is 1040. The molecule has 0 bridgehead atoms. The van der Waals surface area contributed by atoms with Gasteiger partial charge >= 0.3 is 6.09 Å². The number of hydrogen-bond donors (Lipinski definition) is 0. The summed E-state index contributed by atoms with van der Waals surface area (Å²) in [5, 5.41) is 13.4. The van der Waals surface area contributed by atoms with Crippen LogP contribution in [0.3, 0.4) is 0 Å². The molecule has 0 radical (unpaired) electrons. The molecule has 10 nitrogen and oxygen atoms in total. The first kappa shape index (κ1) is 22.1. The van der Waals surface area contributed by atoms with Crippen LogP contribution in [0.4, 0.5) is 4.79 Å². The maximum atomic E-state index is 12.6. The molecule has 1 aromatic carbocycles. The average molecular weight is 459 g/mol. The minimum absolute atomic E-state index is 0.0823. The van der Waals surface area contributed by atoms with Gasteiger partial charge in [0.05, 0.1) is 22.2 Å². The van der Waals surface area contributed by atoms with E-state index in [1.165, 1.54) is 6.33 Å². The Morgan fingerprint density at radius 3 is 2.53 bits per heavy atom. The van der Waals surface area contributed by atoms with Crippen LogP contribution in [-0.2, 0) is 15.5 Å². The topological polar surface area (TPSA) is 112 Å². The molecule has 0 aliphatic carbocycles. The van der Waals surface area contributed by atoms with Crippen molar-refractivity contribution in [2.75, 3.05) is 19.7 Å². The molecule has 32 heavy (non-hydrogen) atoms. The maximum Gasteiger partial charge on any atom is 0.410 e. The van der Waals surface area contributed by atoms with Crippen molar-refractivity contribution in [3.05, 3.63) is 41.7 Å². The van der Waals surface area contributed by atoms with Gasteiger partial charge in [-0.25, -0.2) is 18.7 Å². The number of hydrogen-bond acceptors (Lipinski definition) is 8. The number of benzene rings is 1. The lowest BCUT2D eigenvalue weighted by Crippen LogP contribution is -2.43. The summed E-state index contributed by atoms with van der Waals surface area (Å²) in [7, 11) is -1.26. The van der Waals surface area contributed by atoms with Crippen molar-refractivity contribution in [1.82, 2.24) is 25.1 Å². The lowest BCUT2D eigenvalue weighted by molar-refractivity contribution is 0.0202. The van der Waals surface area contributed by atoms with E-state index >= 15 is 0 Å². The van der Waals surface area contributed by atoms with Crippen LogP contribution in [0.5, 0.6) is 5.75 Å². The zero-order chi connectivity index (χ0) is 22.7. The van der Waals surface area contributed by atoms with Gasteiger partial charge in [0.2, 0.25) is 0 Å². The number of carbonyl (C=O) groups excluding carboxylic acids is 1. The van der Waals surface area contributed by atoms with Crippen molar-refractivity contribution in [3.63, 3.8) is 0 Å². The average Bonchev–Trinajstić information content (AvgIpc) is 3.41. The van der Waals surface area contributed by atoms with E-state index in [-0.39, 0.29) is 18.6 Å². The van der Waals surface area contributed by atoms with E-state index in [4.69, 9.17) is 9.47 Å². The molecule has 1 amide bonds. The van der Waals surface area contributed by atoms with E-state index < -0.39 is 16.4 Å². The summed E-state index contributed by atoms with van der Waals surface area (Å²) in [5.41, 5.74) is 0.955. The van der Waals surface area contributed by atoms with Gasteiger partial charge in [0.25, 0.3) is 0 Å². The van der Waals surface area contributed by atoms with Crippen LogP contribution >= 0.6 is 0 Å². The summed E-state index contributed by atoms with van der Waals surface area (Å²) in [6.45, 7) is 6.92. The molecule has 0 saturated carbocycles. The lowest BCUT2D eigenvalue weighted by Gasteiger charge is -2.33. The zero-order valence-electron chi connectivity index (χ0n) is 18.3. The molecule has 11 heteroatoms. The Labute approximate surface area is 188 Å². The Morgan fingerprint density at radius 2 is 1.91 bits per heavy atom. The minimum Gasteiger partial charge on any atom is -0.487 e. The van der Waals surface area contributed by atoms with E-state index in [0.717, 1.165) is 5.69 Å². The Hall–Kier alpha value is -3.08. The van der Waals surface area contributed by atoms with Gasteiger partial charge in [0.1, 0.15) is 29.3 Å². The van der Waals surface area contributed by atoms with Gasteiger partial charge in [-0.1, -0.05) is 0 Å². The fourth-order valence-electron chi connectivity index (χ4n) is 3.49. The third-order valence-electron chi connectivity index (χ3n) is 5.04. The molecule has 170 valence electrons. The Balaban J connectivity index is 1.29. The largest absolute Gasteiger partial charge is 0.487 e. The number of nitrogens with zero attached hydrogens (tertiary/aromatic N) is 6. The van der Waals surface area contributed by atoms with Gasteiger partial charge in [-0.15, -0.1) is 5.10 Å². The standard InChI is InChI=1S/C21H26N6O4S/c1-21(2,3)31-20(28)26-10-8-15(9-11-26)19-23-16(13-32(19)29)12-30-18-6-4-17(5-7-18)27-14-22-24-25-27/h4-7,13-15H,8-12H2,1-3H3. The van der Waals surface area contributed by atoms with Gasteiger partial charge in [0.15, 0.2) is 0 Å². The normalized spacial score (nSPS) is 19.5. The van der Waals surface area contributed by atoms with Crippen molar-refractivity contribution in [2.45, 2.75) is 39.2 Å². The van der Waals surface area contributed by atoms with Crippen LogP contribution in [0.1, 0.15) is 33.6 Å². The van der Waals surface area contributed by atoms with Crippen molar-refractivity contribution in [3.8, 4) is 11.4 Å². The summed E-state index contributed by atoms with van der Waals surface area (Å²) in [5.74, 6) is 0.752. The highest BCUT2D eigenvalue weighted by Gasteiger charge is 2.32. The smallest absolute Gasteiger partial charge is 0.410 e. The third-order valence-corrected chi connectivity index (χ3v) is 6.36. The van der Waals surface area contributed by atoms with E-state index in [0.29, 0.717) is 42.4 Å². The monoisotopic (exact) mass is 458 g/mol. The van der Waals surface area contributed by atoms with Gasteiger partial charge < -0.3 is 14.4 Å². The van der Waals surface area contributed by atoms with E-state index in [9.17, 15) is 9.00 Å². The molecule has 1 aromatic heterocycles. The molecule has 1 fully saturated rings. The number of likely N-dealkylation sites (tertiary alicyclic amines) is 1. The van der Waals surface area contributed by atoms with Gasteiger partial charge in [0, 0.05) is 24.4 Å². The Kier molecular flexibility index (Phi) is 6.35. The van der Waals surface area contributed by atoms with Crippen LogP contribution in [0.15, 0.2) is 46.7 Å². The molecular formula is C21H26N6O4S. The van der Waals surface area contributed by atoms with Gasteiger partial charge in [-0.3, -0.25) is 0 Å². The van der Waals surface area contributed by atoms with Crippen LogP contribution in [0.2, 0.25) is 0 Å². The summed E-state index contributed by atoms with van der Waals surface area (Å²) >= 11 is 0. The lowest BCUT2D eigenvalue weighted by atomic mass is 9.98. The van der Waals surface area contributed by atoms with E-state index in [1.807, 2.05) is 45.0 Å². The molecule has 1 saturated heterocycles. The van der Waals surface area contributed by atoms with Crippen LogP contribution in [0.25, 0.3) is 5.69 Å². The highest BCUT2D eigenvalue weighted by atomic mass is 32.2. The van der Waals surface area contributed by atoms with Crippen molar-refractivity contribution < 1.29 is 18.5 Å². The van der Waals surface area contributed by atoms with Crippen LogP contribution < -0.4 is 4.74 Å². The fraction of sp³-hybridized carbons (Fsp3) is 0.476. The predicted molar refractivity (Wildman–Crippen MR) is 119 cm³/mol. The molecule has 1 unspecified atom stereocenters. The number of aromatic nitrogens is 4. The van der Waals surface area contributed by atoms with Crippen LogP contribution in [0, 0.1) is 5.92 Å². The molecule has 2 aromatic rings. The summed E-state index contributed by atoms with van der Waals surface area (Å²) in [6, 6.07) is 7.33. The highest BCUT2D eigenvalue weighted by molar-refractivity contribution is 8.03. The second-order valence-electron chi connectivity index (χ2n) is 8.64. The van der Waals surface area contributed by atoms with Crippen molar-refractivity contribution >= 4 is 21.9 Å². The molecule has 1 atom stereocenters. The number of rotatable bonds is 5. The first-order valence-electron chi connectivity index (χ1n) is 10.4. The molecule has 0 spiro atoms. The number of ether oxygens (including phenoxy) is 2. The fourth-order valence-corrected chi connectivity index (χ4v) is 4.75. The second-order valence-corrected chi connectivity index (χ2v) is 9.88. The maximum absolute atomic E-state index is 12.6.